The number of fused-ring (bicyclic) bond motifs is 1. The summed E-state index contributed by atoms with van der Waals surface area (Å²) in [4.78, 5) is 10.8. The topological polar surface area (TPSA) is 30.2 Å². The molecule has 1 aromatic heterocycles. The van der Waals surface area contributed by atoms with Gasteiger partial charge in [0.2, 0.25) is 0 Å². The van der Waals surface area contributed by atoms with Crippen molar-refractivity contribution in [3.63, 3.8) is 0 Å². The molecule has 0 fully saturated rings. The lowest BCUT2D eigenvalue weighted by molar-refractivity contribution is 0.523. The fourth-order valence-corrected chi connectivity index (χ4v) is 1.28. The zero-order valence-electron chi connectivity index (χ0n) is 7.00. The molecular formula is C10H7FO2. The summed E-state index contributed by atoms with van der Waals surface area (Å²) >= 11 is 0. The molecule has 0 aliphatic carbocycles. The van der Waals surface area contributed by atoms with Gasteiger partial charge in [-0.05, 0) is 30.7 Å². The van der Waals surface area contributed by atoms with Gasteiger partial charge in [0, 0.05) is 11.5 Å². The number of hydrogen-bond donors (Lipinski definition) is 0. The molecule has 0 spiro atoms. The first-order valence-electron chi connectivity index (χ1n) is 3.87. The van der Waals surface area contributed by atoms with Crippen molar-refractivity contribution in [1.82, 2.24) is 0 Å². The maximum atomic E-state index is 13.2. The Labute approximate surface area is 73.6 Å². The Morgan fingerprint density at radius 3 is 2.85 bits per heavy atom. The molecule has 2 aromatic rings. The van der Waals surface area contributed by atoms with E-state index < -0.39 is 11.4 Å². The molecule has 0 radical (unpaired) electrons. The van der Waals surface area contributed by atoms with Crippen molar-refractivity contribution < 1.29 is 8.81 Å². The van der Waals surface area contributed by atoms with E-state index in [-0.39, 0.29) is 5.58 Å². The summed E-state index contributed by atoms with van der Waals surface area (Å²) < 4.78 is 17.9. The normalized spacial score (nSPS) is 10.6. The first-order chi connectivity index (χ1) is 6.16. The Bertz CT molecular complexity index is 514. The molecule has 1 aromatic carbocycles. The lowest BCUT2D eigenvalue weighted by atomic mass is 10.1. The van der Waals surface area contributed by atoms with Crippen LogP contribution in [0.2, 0.25) is 0 Å². The molecule has 66 valence electrons. The molecule has 0 amide bonds. The van der Waals surface area contributed by atoms with Crippen LogP contribution < -0.4 is 5.63 Å². The lowest BCUT2D eigenvalue weighted by Crippen LogP contribution is -1.96. The lowest BCUT2D eigenvalue weighted by Gasteiger charge is -1.98. The van der Waals surface area contributed by atoms with E-state index in [0.717, 1.165) is 5.56 Å². The van der Waals surface area contributed by atoms with Gasteiger partial charge in [0.15, 0.2) is 11.4 Å². The Morgan fingerprint density at radius 2 is 2.08 bits per heavy atom. The third kappa shape index (κ3) is 1.33. The second kappa shape index (κ2) is 2.69. The number of rotatable bonds is 0. The van der Waals surface area contributed by atoms with Gasteiger partial charge in [0.1, 0.15) is 0 Å². The summed E-state index contributed by atoms with van der Waals surface area (Å²) in [7, 11) is 0. The summed E-state index contributed by atoms with van der Waals surface area (Å²) in [6, 6.07) is 5.94. The summed E-state index contributed by atoms with van der Waals surface area (Å²) in [5.41, 5.74) is 0.298. The first kappa shape index (κ1) is 7.98. The molecule has 0 atom stereocenters. The van der Waals surface area contributed by atoms with E-state index in [1.54, 1.807) is 19.1 Å². The van der Waals surface area contributed by atoms with Crippen LogP contribution in [-0.4, -0.2) is 0 Å². The highest BCUT2D eigenvalue weighted by Gasteiger charge is 2.04. The van der Waals surface area contributed by atoms with Crippen LogP contribution in [0.3, 0.4) is 0 Å². The van der Waals surface area contributed by atoms with Gasteiger partial charge < -0.3 is 4.42 Å². The SMILES string of the molecule is Cc1cc(F)c2oc(=O)ccc2c1. The number of hydrogen-bond acceptors (Lipinski definition) is 2. The average Bonchev–Trinajstić information content (AvgIpc) is 2.06. The standard InChI is InChI=1S/C10H7FO2/c1-6-4-7-2-3-9(12)13-10(7)8(11)5-6/h2-5H,1H3. The molecule has 0 saturated heterocycles. The van der Waals surface area contributed by atoms with Gasteiger partial charge in [-0.3, -0.25) is 0 Å². The zero-order valence-corrected chi connectivity index (χ0v) is 7.00. The zero-order chi connectivity index (χ0) is 9.42. The molecule has 1 heterocycles. The molecule has 3 heteroatoms. The highest BCUT2D eigenvalue weighted by Crippen LogP contribution is 2.17. The van der Waals surface area contributed by atoms with Gasteiger partial charge >= 0.3 is 5.63 Å². The second-order valence-electron chi connectivity index (χ2n) is 2.92. The third-order valence-electron chi connectivity index (χ3n) is 1.82. The van der Waals surface area contributed by atoms with E-state index in [0.29, 0.717) is 5.39 Å². The van der Waals surface area contributed by atoms with E-state index in [9.17, 15) is 9.18 Å². The Balaban J connectivity index is 2.95. The van der Waals surface area contributed by atoms with Gasteiger partial charge in [-0.25, -0.2) is 9.18 Å². The van der Waals surface area contributed by atoms with E-state index in [1.165, 1.54) is 12.1 Å². The van der Waals surface area contributed by atoms with Crippen LogP contribution in [0.5, 0.6) is 0 Å². The van der Waals surface area contributed by atoms with E-state index in [4.69, 9.17) is 4.42 Å². The van der Waals surface area contributed by atoms with Crippen LogP contribution in [0, 0.1) is 12.7 Å². The van der Waals surface area contributed by atoms with Crippen LogP contribution in [0.25, 0.3) is 11.0 Å². The second-order valence-corrected chi connectivity index (χ2v) is 2.92. The fraction of sp³-hybridized carbons (Fsp3) is 0.100. The molecule has 13 heavy (non-hydrogen) atoms. The van der Waals surface area contributed by atoms with Crippen molar-refractivity contribution in [1.29, 1.82) is 0 Å². The molecule has 0 saturated carbocycles. The van der Waals surface area contributed by atoms with Crippen LogP contribution in [0.4, 0.5) is 4.39 Å². The van der Waals surface area contributed by atoms with Crippen LogP contribution in [-0.2, 0) is 0 Å². The van der Waals surface area contributed by atoms with Crippen molar-refractivity contribution in [3.05, 3.63) is 46.1 Å². The number of halogens is 1. The number of benzene rings is 1. The van der Waals surface area contributed by atoms with Crippen molar-refractivity contribution in [3.8, 4) is 0 Å². The fourth-order valence-electron chi connectivity index (χ4n) is 1.28. The maximum absolute atomic E-state index is 13.2. The van der Waals surface area contributed by atoms with Gasteiger partial charge in [0.25, 0.3) is 0 Å². The van der Waals surface area contributed by atoms with Crippen molar-refractivity contribution in [2.75, 3.05) is 0 Å². The summed E-state index contributed by atoms with van der Waals surface area (Å²) in [6.07, 6.45) is 0. The predicted octanol–water partition coefficient (Wildman–Crippen LogP) is 2.24. The smallest absolute Gasteiger partial charge is 0.336 e. The predicted molar refractivity (Wildman–Crippen MR) is 47.2 cm³/mol. The van der Waals surface area contributed by atoms with Crippen molar-refractivity contribution >= 4 is 11.0 Å². The first-order valence-corrected chi connectivity index (χ1v) is 3.87. The molecule has 0 aliphatic heterocycles. The molecular weight excluding hydrogens is 171 g/mol. The summed E-state index contributed by atoms with van der Waals surface area (Å²) in [5.74, 6) is -0.493. The van der Waals surface area contributed by atoms with E-state index in [2.05, 4.69) is 0 Å². The van der Waals surface area contributed by atoms with Gasteiger partial charge in [0.05, 0.1) is 0 Å². The Kier molecular flexibility index (Phi) is 1.65. The molecule has 2 nitrogen and oxygen atoms in total. The van der Waals surface area contributed by atoms with E-state index in [1.807, 2.05) is 0 Å². The Morgan fingerprint density at radius 1 is 1.31 bits per heavy atom. The highest BCUT2D eigenvalue weighted by molar-refractivity contribution is 5.77. The third-order valence-corrected chi connectivity index (χ3v) is 1.82. The minimum atomic E-state index is -0.532. The van der Waals surface area contributed by atoms with Crippen LogP contribution in [0.15, 0.2) is 33.5 Å². The minimum absolute atomic E-state index is 0.0260. The van der Waals surface area contributed by atoms with Crippen molar-refractivity contribution in [2.45, 2.75) is 6.92 Å². The van der Waals surface area contributed by atoms with Gasteiger partial charge in [-0.2, -0.15) is 0 Å². The maximum Gasteiger partial charge on any atom is 0.336 e. The summed E-state index contributed by atoms with van der Waals surface area (Å²) in [6.45, 7) is 1.79. The molecule has 0 N–H and O–H groups in total. The molecule has 2 rings (SSSR count). The minimum Gasteiger partial charge on any atom is -0.420 e. The van der Waals surface area contributed by atoms with Gasteiger partial charge in [-0.1, -0.05) is 0 Å². The monoisotopic (exact) mass is 178 g/mol. The van der Waals surface area contributed by atoms with Crippen LogP contribution >= 0.6 is 0 Å². The average molecular weight is 178 g/mol. The highest BCUT2D eigenvalue weighted by atomic mass is 19.1. The quantitative estimate of drug-likeness (QED) is 0.579. The Hall–Kier alpha value is -1.64. The summed E-state index contributed by atoms with van der Waals surface area (Å²) in [5, 5.41) is 0.608. The van der Waals surface area contributed by atoms with Crippen molar-refractivity contribution in [2.24, 2.45) is 0 Å². The van der Waals surface area contributed by atoms with Gasteiger partial charge in [-0.15, -0.1) is 0 Å². The molecule has 0 bridgehead atoms. The van der Waals surface area contributed by atoms with Crippen LogP contribution in [0.1, 0.15) is 5.56 Å². The molecule has 0 aliphatic rings. The molecule has 0 unspecified atom stereocenters. The number of aryl methyl sites for hydroxylation is 1. The largest absolute Gasteiger partial charge is 0.420 e. The van der Waals surface area contributed by atoms with E-state index >= 15 is 0 Å².